The zero-order valence-corrected chi connectivity index (χ0v) is 13.9. The molecular weight excluding hydrogens is 320 g/mol. The van der Waals surface area contributed by atoms with Crippen molar-refractivity contribution in [2.24, 2.45) is 5.10 Å². The molecule has 8 heteroatoms. The van der Waals surface area contributed by atoms with E-state index in [1.54, 1.807) is 12.3 Å². The minimum absolute atomic E-state index is 0.108. The molecule has 0 unspecified atom stereocenters. The summed E-state index contributed by atoms with van der Waals surface area (Å²) in [6.07, 6.45) is 10.2. The van der Waals surface area contributed by atoms with Crippen molar-refractivity contribution in [2.75, 3.05) is 0 Å². The van der Waals surface area contributed by atoms with E-state index in [-0.39, 0.29) is 5.00 Å². The van der Waals surface area contributed by atoms with Gasteiger partial charge in [-0.25, -0.2) is 0 Å². The van der Waals surface area contributed by atoms with Crippen LogP contribution in [0, 0.1) is 10.1 Å². The normalized spacial score (nSPS) is 16.9. The average molecular weight is 340 g/mol. The van der Waals surface area contributed by atoms with E-state index in [1.165, 1.54) is 38.2 Å². The maximum atomic E-state index is 10.6. The second kappa shape index (κ2) is 8.79. The summed E-state index contributed by atoms with van der Waals surface area (Å²) >= 11 is 6.32. The van der Waals surface area contributed by atoms with Crippen molar-refractivity contribution in [2.45, 2.75) is 51.0 Å². The van der Waals surface area contributed by atoms with Gasteiger partial charge in [0, 0.05) is 12.1 Å². The molecule has 2 rings (SSSR count). The number of hydrazone groups is 1. The van der Waals surface area contributed by atoms with Gasteiger partial charge in [0.2, 0.25) is 0 Å². The van der Waals surface area contributed by atoms with Crippen molar-refractivity contribution in [1.29, 1.82) is 0 Å². The molecule has 120 valence electrons. The SMILES string of the molecule is O=[N+]([O-])c1ccc(C=NNC(=S)NC2CCCCCCC2)s1. The average Bonchev–Trinajstić information content (AvgIpc) is 2.91. The third-order valence-electron chi connectivity index (χ3n) is 3.59. The maximum Gasteiger partial charge on any atom is 0.324 e. The summed E-state index contributed by atoms with van der Waals surface area (Å²) in [6.45, 7) is 0. The van der Waals surface area contributed by atoms with Gasteiger partial charge >= 0.3 is 5.00 Å². The molecule has 1 aliphatic carbocycles. The molecule has 1 heterocycles. The number of thiophene rings is 1. The third kappa shape index (κ3) is 5.69. The van der Waals surface area contributed by atoms with Crippen molar-refractivity contribution >= 4 is 39.9 Å². The predicted molar refractivity (Wildman–Crippen MR) is 93.5 cm³/mol. The van der Waals surface area contributed by atoms with Gasteiger partial charge in [-0.1, -0.05) is 43.4 Å². The van der Waals surface area contributed by atoms with Crippen LogP contribution in [0.25, 0.3) is 0 Å². The fourth-order valence-electron chi connectivity index (χ4n) is 2.48. The summed E-state index contributed by atoms with van der Waals surface area (Å²) in [7, 11) is 0. The fourth-order valence-corrected chi connectivity index (χ4v) is 3.40. The molecule has 2 N–H and O–H groups in total. The summed E-state index contributed by atoms with van der Waals surface area (Å²) in [6, 6.07) is 3.55. The van der Waals surface area contributed by atoms with Crippen LogP contribution in [-0.4, -0.2) is 22.3 Å². The number of hydrogen-bond acceptors (Lipinski definition) is 5. The highest BCUT2D eigenvalue weighted by Gasteiger charge is 2.12. The molecule has 0 bridgehead atoms. The number of thiocarbonyl (C=S) groups is 1. The van der Waals surface area contributed by atoms with Crippen molar-refractivity contribution in [3.05, 3.63) is 27.1 Å². The van der Waals surface area contributed by atoms with Crippen LogP contribution in [0.1, 0.15) is 49.8 Å². The predicted octanol–water partition coefficient (Wildman–Crippen LogP) is 3.57. The van der Waals surface area contributed by atoms with Gasteiger partial charge in [0.25, 0.3) is 0 Å². The summed E-state index contributed by atoms with van der Waals surface area (Å²) in [4.78, 5) is 10.9. The van der Waals surface area contributed by atoms with E-state index in [0.717, 1.165) is 24.2 Å². The Morgan fingerprint density at radius 1 is 1.32 bits per heavy atom. The molecule has 1 aromatic rings. The van der Waals surface area contributed by atoms with Crippen molar-refractivity contribution < 1.29 is 4.92 Å². The Labute approximate surface area is 139 Å². The quantitative estimate of drug-likeness (QED) is 0.379. The fraction of sp³-hybridized carbons (Fsp3) is 0.571. The minimum atomic E-state index is -0.406. The zero-order chi connectivity index (χ0) is 15.8. The van der Waals surface area contributed by atoms with E-state index in [4.69, 9.17) is 12.2 Å². The van der Waals surface area contributed by atoms with Gasteiger partial charge in [0.05, 0.1) is 16.0 Å². The Morgan fingerprint density at radius 2 is 2.00 bits per heavy atom. The number of nitro groups is 1. The smallest absolute Gasteiger partial charge is 0.324 e. The number of hydrogen-bond donors (Lipinski definition) is 2. The van der Waals surface area contributed by atoms with Gasteiger partial charge in [-0.05, 0) is 31.1 Å². The summed E-state index contributed by atoms with van der Waals surface area (Å²) < 4.78 is 0. The number of rotatable bonds is 4. The third-order valence-corrected chi connectivity index (χ3v) is 4.77. The standard InChI is InChI=1S/C14H20N4O2S2/c19-18(20)13-9-8-12(22-13)10-15-17-14(21)16-11-6-4-2-1-3-5-7-11/h8-11H,1-7H2,(H2,16,17,21). The van der Waals surface area contributed by atoms with Gasteiger partial charge < -0.3 is 5.32 Å². The summed E-state index contributed by atoms with van der Waals surface area (Å²) in [5.74, 6) is 0. The lowest BCUT2D eigenvalue weighted by molar-refractivity contribution is -0.380. The molecule has 1 aromatic heterocycles. The Morgan fingerprint density at radius 3 is 2.64 bits per heavy atom. The minimum Gasteiger partial charge on any atom is -0.359 e. The van der Waals surface area contributed by atoms with Gasteiger partial charge in [0.15, 0.2) is 5.11 Å². The largest absolute Gasteiger partial charge is 0.359 e. The monoisotopic (exact) mass is 340 g/mol. The molecule has 0 amide bonds. The van der Waals surface area contributed by atoms with E-state index in [9.17, 15) is 10.1 Å². The van der Waals surface area contributed by atoms with Crippen molar-refractivity contribution in [3.63, 3.8) is 0 Å². The highest BCUT2D eigenvalue weighted by atomic mass is 32.1. The molecule has 1 aliphatic rings. The molecule has 0 spiro atoms. The van der Waals surface area contributed by atoms with Crippen LogP contribution in [0.4, 0.5) is 5.00 Å². The van der Waals surface area contributed by atoms with Crippen LogP contribution >= 0.6 is 23.6 Å². The Balaban J connectivity index is 1.76. The first kappa shape index (κ1) is 16.8. The van der Waals surface area contributed by atoms with E-state index < -0.39 is 4.92 Å². The molecule has 0 radical (unpaired) electrons. The van der Waals surface area contributed by atoms with Crippen LogP contribution in [0.15, 0.2) is 17.2 Å². The number of nitrogens with one attached hydrogen (secondary N) is 2. The first-order valence-corrected chi connectivity index (χ1v) is 8.71. The van der Waals surface area contributed by atoms with Gasteiger partial charge in [0.1, 0.15) is 0 Å². The highest BCUT2D eigenvalue weighted by molar-refractivity contribution is 7.80. The van der Waals surface area contributed by atoms with Crippen LogP contribution in [-0.2, 0) is 0 Å². The second-order valence-corrected chi connectivity index (χ2v) is 6.82. The molecule has 1 fully saturated rings. The maximum absolute atomic E-state index is 10.6. The van der Waals surface area contributed by atoms with Gasteiger partial charge in [-0.3, -0.25) is 15.5 Å². The first-order chi connectivity index (χ1) is 10.6. The lowest BCUT2D eigenvalue weighted by Crippen LogP contribution is -2.40. The molecule has 0 saturated heterocycles. The highest BCUT2D eigenvalue weighted by Crippen LogP contribution is 2.22. The van der Waals surface area contributed by atoms with Crippen LogP contribution < -0.4 is 10.7 Å². The molecule has 0 aliphatic heterocycles. The van der Waals surface area contributed by atoms with Crippen LogP contribution in [0.2, 0.25) is 0 Å². The first-order valence-electron chi connectivity index (χ1n) is 7.49. The van der Waals surface area contributed by atoms with Gasteiger partial charge in [-0.15, -0.1) is 0 Å². The van der Waals surface area contributed by atoms with Crippen molar-refractivity contribution in [3.8, 4) is 0 Å². The van der Waals surface area contributed by atoms with Gasteiger partial charge in [-0.2, -0.15) is 5.10 Å². The van der Waals surface area contributed by atoms with Crippen LogP contribution in [0.3, 0.4) is 0 Å². The van der Waals surface area contributed by atoms with E-state index >= 15 is 0 Å². The Hall–Kier alpha value is -1.54. The lowest BCUT2D eigenvalue weighted by atomic mass is 9.97. The molecule has 1 saturated carbocycles. The molecule has 6 nitrogen and oxygen atoms in total. The molecular formula is C14H20N4O2S2. The number of nitrogens with zero attached hydrogens (tertiary/aromatic N) is 2. The summed E-state index contributed by atoms with van der Waals surface area (Å²) in [5.41, 5.74) is 2.78. The van der Waals surface area contributed by atoms with E-state index in [0.29, 0.717) is 16.0 Å². The second-order valence-electron chi connectivity index (χ2n) is 5.32. The molecule has 0 atom stereocenters. The van der Waals surface area contributed by atoms with E-state index in [2.05, 4.69) is 15.8 Å². The topological polar surface area (TPSA) is 79.6 Å². The zero-order valence-electron chi connectivity index (χ0n) is 12.3. The Kier molecular flexibility index (Phi) is 6.73. The van der Waals surface area contributed by atoms with Crippen LogP contribution in [0.5, 0.6) is 0 Å². The lowest BCUT2D eigenvalue weighted by Gasteiger charge is -2.21. The summed E-state index contributed by atoms with van der Waals surface area (Å²) in [5, 5.41) is 18.5. The van der Waals surface area contributed by atoms with Crippen molar-refractivity contribution in [1.82, 2.24) is 10.7 Å². The molecule has 0 aromatic carbocycles. The Bertz CT molecular complexity index is 537. The molecule has 22 heavy (non-hydrogen) atoms. The van der Waals surface area contributed by atoms with E-state index in [1.807, 2.05) is 0 Å².